The van der Waals surface area contributed by atoms with E-state index < -0.39 is 18.2 Å². The molecule has 3 aromatic rings. The zero-order valence-electron chi connectivity index (χ0n) is 18.0. The number of carboxylic acid groups (broad SMARTS) is 1. The van der Waals surface area contributed by atoms with Crippen LogP contribution >= 0.6 is 11.3 Å². The zero-order chi connectivity index (χ0) is 23.7. The maximum absolute atomic E-state index is 12.7. The number of hydrogen-bond donors (Lipinski definition) is 2. The Kier molecular flexibility index (Phi) is 5.99. The number of carbonyl (C=O) groups excluding carboxylic acids is 2. The van der Waals surface area contributed by atoms with Crippen LogP contribution in [0.4, 0.5) is 9.93 Å². The van der Waals surface area contributed by atoms with Crippen molar-refractivity contribution in [2.75, 3.05) is 31.6 Å². The summed E-state index contributed by atoms with van der Waals surface area (Å²) in [6.07, 6.45) is -0.353. The molecule has 1 unspecified atom stereocenters. The summed E-state index contributed by atoms with van der Waals surface area (Å²) in [7, 11) is 0. The lowest BCUT2D eigenvalue weighted by atomic mass is 9.98. The molecule has 0 spiro atoms. The number of thiazole rings is 1. The third-order valence-corrected chi connectivity index (χ3v) is 6.80. The Morgan fingerprint density at radius 1 is 1.12 bits per heavy atom. The van der Waals surface area contributed by atoms with Gasteiger partial charge >= 0.3 is 12.1 Å². The average molecular weight is 480 g/mol. The van der Waals surface area contributed by atoms with E-state index in [1.54, 1.807) is 0 Å². The molecule has 2 aliphatic rings. The lowest BCUT2D eigenvalue weighted by Crippen LogP contribution is -2.48. The maximum atomic E-state index is 12.7. The molecule has 1 fully saturated rings. The first-order valence-corrected chi connectivity index (χ1v) is 11.5. The quantitative estimate of drug-likeness (QED) is 0.576. The molecule has 2 aromatic carbocycles. The van der Waals surface area contributed by atoms with Gasteiger partial charge in [0.15, 0.2) is 11.2 Å². The van der Waals surface area contributed by atoms with Crippen molar-refractivity contribution < 1.29 is 29.0 Å². The van der Waals surface area contributed by atoms with E-state index in [9.17, 15) is 14.4 Å². The van der Waals surface area contributed by atoms with Crippen LogP contribution in [-0.4, -0.2) is 65.4 Å². The summed E-state index contributed by atoms with van der Waals surface area (Å²) in [5.74, 6) is -1.53. The number of ether oxygens (including phenoxy) is 2. The van der Waals surface area contributed by atoms with E-state index in [4.69, 9.17) is 14.6 Å². The van der Waals surface area contributed by atoms with Gasteiger partial charge in [-0.2, -0.15) is 0 Å². The first-order chi connectivity index (χ1) is 16.5. The molecule has 34 heavy (non-hydrogen) atoms. The molecule has 174 valence electrons. The van der Waals surface area contributed by atoms with Gasteiger partial charge in [-0.25, -0.2) is 14.6 Å². The number of benzene rings is 2. The highest BCUT2D eigenvalue weighted by Crippen LogP contribution is 2.44. The Hall–Kier alpha value is -3.76. The first-order valence-electron chi connectivity index (χ1n) is 10.7. The summed E-state index contributed by atoms with van der Waals surface area (Å²) >= 11 is 1.01. The molecule has 0 saturated carbocycles. The highest BCUT2D eigenvalue weighted by molar-refractivity contribution is 7.17. The Morgan fingerprint density at radius 3 is 2.47 bits per heavy atom. The van der Waals surface area contributed by atoms with E-state index in [-0.39, 0.29) is 43.3 Å². The van der Waals surface area contributed by atoms with Crippen molar-refractivity contribution >= 4 is 34.4 Å². The number of carboxylic acids is 1. The lowest BCUT2D eigenvalue weighted by Gasteiger charge is -2.30. The van der Waals surface area contributed by atoms with Gasteiger partial charge in [0.05, 0.1) is 19.3 Å². The number of morpholine rings is 1. The van der Waals surface area contributed by atoms with Gasteiger partial charge in [-0.1, -0.05) is 59.9 Å². The molecule has 5 rings (SSSR count). The van der Waals surface area contributed by atoms with Crippen molar-refractivity contribution in [3.05, 3.63) is 70.7 Å². The number of rotatable bonds is 5. The first kappa shape index (κ1) is 22.1. The van der Waals surface area contributed by atoms with Gasteiger partial charge in [0.2, 0.25) is 0 Å². The molecule has 2 amide bonds. The molecule has 1 aromatic heterocycles. The number of nitrogens with zero attached hydrogens (tertiary/aromatic N) is 2. The SMILES string of the molecule is O=C(Nc1ncc(C(=O)N2CCOC(C(=O)O)C2)s1)OCC1c2ccccc2-c2ccccc21. The van der Waals surface area contributed by atoms with Gasteiger partial charge in [0.1, 0.15) is 11.5 Å². The van der Waals surface area contributed by atoms with Crippen LogP contribution in [0.3, 0.4) is 0 Å². The number of aliphatic carboxylic acids is 1. The van der Waals surface area contributed by atoms with Gasteiger partial charge in [0.25, 0.3) is 5.91 Å². The summed E-state index contributed by atoms with van der Waals surface area (Å²) in [6, 6.07) is 16.1. The maximum Gasteiger partial charge on any atom is 0.413 e. The van der Waals surface area contributed by atoms with Crippen LogP contribution in [0.15, 0.2) is 54.7 Å². The largest absolute Gasteiger partial charge is 0.479 e. The molecule has 10 heteroatoms. The molecule has 1 saturated heterocycles. The number of aromatic nitrogens is 1. The van der Waals surface area contributed by atoms with Crippen molar-refractivity contribution in [2.24, 2.45) is 0 Å². The second kappa shape index (κ2) is 9.24. The molecular weight excluding hydrogens is 458 g/mol. The van der Waals surface area contributed by atoms with Crippen LogP contribution in [0.1, 0.15) is 26.7 Å². The minimum Gasteiger partial charge on any atom is -0.479 e. The topological polar surface area (TPSA) is 118 Å². The number of carbonyl (C=O) groups is 3. The Labute approximate surface area is 198 Å². The molecule has 9 nitrogen and oxygen atoms in total. The van der Waals surface area contributed by atoms with Gasteiger partial charge in [-0.05, 0) is 22.3 Å². The Bertz CT molecular complexity index is 1210. The third kappa shape index (κ3) is 4.25. The van der Waals surface area contributed by atoms with Crippen molar-refractivity contribution in [2.45, 2.75) is 12.0 Å². The van der Waals surface area contributed by atoms with Gasteiger partial charge < -0.3 is 19.5 Å². The Balaban J connectivity index is 1.20. The van der Waals surface area contributed by atoms with Crippen molar-refractivity contribution in [3.63, 3.8) is 0 Å². The van der Waals surface area contributed by atoms with Crippen molar-refractivity contribution in [1.82, 2.24) is 9.88 Å². The average Bonchev–Trinajstić information content (AvgIpc) is 3.45. The smallest absolute Gasteiger partial charge is 0.413 e. The van der Waals surface area contributed by atoms with Gasteiger partial charge in [-0.15, -0.1) is 0 Å². The Morgan fingerprint density at radius 2 is 1.79 bits per heavy atom. The molecule has 2 N–H and O–H groups in total. The second-order valence-corrected chi connectivity index (χ2v) is 8.96. The highest BCUT2D eigenvalue weighted by Gasteiger charge is 2.31. The van der Waals surface area contributed by atoms with Crippen LogP contribution < -0.4 is 5.32 Å². The fourth-order valence-corrected chi connectivity index (χ4v) is 5.06. The number of nitrogens with one attached hydrogen (secondary N) is 1. The number of hydrogen-bond acceptors (Lipinski definition) is 7. The molecule has 2 heterocycles. The summed E-state index contributed by atoms with van der Waals surface area (Å²) in [6.45, 7) is 0.560. The number of anilines is 1. The molecule has 0 radical (unpaired) electrons. The molecular formula is C24H21N3O6S. The van der Waals surface area contributed by atoms with Crippen LogP contribution in [0.5, 0.6) is 0 Å². The van der Waals surface area contributed by atoms with E-state index in [1.807, 2.05) is 36.4 Å². The van der Waals surface area contributed by atoms with E-state index in [0.717, 1.165) is 33.6 Å². The predicted octanol–water partition coefficient (Wildman–Crippen LogP) is 3.43. The summed E-state index contributed by atoms with van der Waals surface area (Å²) in [5.41, 5.74) is 4.51. The van der Waals surface area contributed by atoms with E-state index in [0.29, 0.717) is 4.88 Å². The van der Waals surface area contributed by atoms with Crippen LogP contribution in [0.25, 0.3) is 11.1 Å². The summed E-state index contributed by atoms with van der Waals surface area (Å²) in [4.78, 5) is 42.1. The highest BCUT2D eigenvalue weighted by atomic mass is 32.1. The second-order valence-electron chi connectivity index (χ2n) is 7.93. The normalized spacial score (nSPS) is 17.1. The standard InChI is InChI=1S/C24H21N3O6S/c28-21(27-9-10-32-19(12-27)22(29)30)20-11-25-23(34-20)26-24(31)33-13-18-16-7-3-1-5-14(16)15-6-2-4-8-17(15)18/h1-8,11,18-19H,9-10,12-13H2,(H,29,30)(H,25,26,31). The van der Waals surface area contributed by atoms with Gasteiger partial charge in [-0.3, -0.25) is 10.1 Å². The fourth-order valence-electron chi connectivity index (χ4n) is 4.29. The van der Waals surface area contributed by atoms with E-state index in [2.05, 4.69) is 22.4 Å². The van der Waals surface area contributed by atoms with Gasteiger partial charge in [0, 0.05) is 12.5 Å². The summed E-state index contributed by atoms with van der Waals surface area (Å²) < 4.78 is 10.7. The predicted molar refractivity (Wildman–Crippen MR) is 124 cm³/mol. The monoisotopic (exact) mass is 479 g/mol. The lowest BCUT2D eigenvalue weighted by molar-refractivity contribution is -0.154. The van der Waals surface area contributed by atoms with E-state index in [1.165, 1.54) is 11.1 Å². The minimum atomic E-state index is -1.11. The van der Waals surface area contributed by atoms with E-state index >= 15 is 0 Å². The number of fused-ring (bicyclic) bond motifs is 3. The molecule has 1 aliphatic carbocycles. The van der Waals surface area contributed by atoms with Crippen LogP contribution in [0.2, 0.25) is 0 Å². The third-order valence-electron chi connectivity index (χ3n) is 5.90. The molecule has 1 atom stereocenters. The fraction of sp³-hybridized carbons (Fsp3) is 0.250. The summed E-state index contributed by atoms with van der Waals surface area (Å²) in [5, 5.41) is 11.9. The minimum absolute atomic E-state index is 0.0405. The van der Waals surface area contributed by atoms with Crippen LogP contribution in [0, 0.1) is 0 Å². The molecule has 0 bridgehead atoms. The van der Waals surface area contributed by atoms with Crippen molar-refractivity contribution in [1.29, 1.82) is 0 Å². The van der Waals surface area contributed by atoms with Crippen LogP contribution in [-0.2, 0) is 14.3 Å². The molecule has 1 aliphatic heterocycles. The van der Waals surface area contributed by atoms with Crippen molar-refractivity contribution in [3.8, 4) is 11.1 Å². The number of amides is 2. The zero-order valence-corrected chi connectivity index (χ0v) is 18.8.